The van der Waals surface area contributed by atoms with E-state index in [-0.39, 0.29) is 12.2 Å². The Balaban J connectivity index is 1.85. The molecule has 2 rings (SSSR count). The van der Waals surface area contributed by atoms with Gasteiger partial charge in [-0.05, 0) is 43.2 Å². The lowest BCUT2D eigenvalue weighted by atomic mass is 10.1. The van der Waals surface area contributed by atoms with Crippen molar-refractivity contribution in [3.05, 3.63) is 21.9 Å². The molecule has 0 aliphatic carbocycles. The van der Waals surface area contributed by atoms with Crippen molar-refractivity contribution < 1.29 is 9.47 Å². The molecule has 0 radical (unpaired) electrons. The third-order valence-corrected chi connectivity index (χ3v) is 4.28. The highest BCUT2D eigenvalue weighted by Crippen LogP contribution is 2.26. The van der Waals surface area contributed by atoms with Crippen molar-refractivity contribution >= 4 is 11.3 Å². The molecule has 2 unspecified atom stereocenters. The third kappa shape index (κ3) is 3.52. The maximum Gasteiger partial charge on any atom is 0.104 e. The lowest BCUT2D eigenvalue weighted by Crippen LogP contribution is -2.27. The summed E-state index contributed by atoms with van der Waals surface area (Å²) in [6.45, 7) is 4.18. The van der Waals surface area contributed by atoms with E-state index in [0.717, 1.165) is 13.0 Å². The molecular weight excluding hydrogens is 234 g/mol. The Morgan fingerprint density at radius 2 is 2.47 bits per heavy atom. The van der Waals surface area contributed by atoms with E-state index in [1.54, 1.807) is 11.3 Å². The molecule has 3 nitrogen and oxygen atoms in total. The molecule has 2 N–H and O–H groups in total. The Kier molecular flexibility index (Phi) is 4.98. The third-order valence-electron chi connectivity index (χ3n) is 3.17. The van der Waals surface area contributed by atoms with Gasteiger partial charge in [-0.15, -0.1) is 11.3 Å². The van der Waals surface area contributed by atoms with E-state index in [4.69, 9.17) is 15.2 Å². The van der Waals surface area contributed by atoms with Crippen LogP contribution in [0.2, 0.25) is 0 Å². The fourth-order valence-corrected chi connectivity index (χ4v) is 3.12. The minimum absolute atomic E-state index is 0.0283. The Bertz CT molecular complexity index is 334. The summed E-state index contributed by atoms with van der Waals surface area (Å²) in [4.78, 5) is 1.25. The van der Waals surface area contributed by atoms with Crippen molar-refractivity contribution in [3.63, 3.8) is 0 Å². The molecule has 2 atom stereocenters. The van der Waals surface area contributed by atoms with Gasteiger partial charge in [-0.3, -0.25) is 0 Å². The molecule has 1 saturated heterocycles. The zero-order valence-corrected chi connectivity index (χ0v) is 11.2. The van der Waals surface area contributed by atoms with Crippen LogP contribution in [0.3, 0.4) is 0 Å². The lowest BCUT2D eigenvalue weighted by Gasteiger charge is -2.25. The number of hydrogen-bond donors (Lipinski definition) is 1. The number of nitrogens with two attached hydrogens (primary N) is 1. The second kappa shape index (κ2) is 6.50. The molecular formula is C13H21NO2S. The van der Waals surface area contributed by atoms with Gasteiger partial charge in [0.1, 0.15) is 6.10 Å². The van der Waals surface area contributed by atoms with Crippen LogP contribution in [-0.2, 0) is 9.47 Å². The first-order chi connectivity index (χ1) is 8.31. The second-order valence-corrected chi connectivity index (χ2v) is 5.46. The van der Waals surface area contributed by atoms with Gasteiger partial charge in [0, 0.05) is 18.0 Å². The molecule has 1 aromatic heterocycles. The van der Waals surface area contributed by atoms with Gasteiger partial charge in [-0.2, -0.15) is 0 Å². The quantitative estimate of drug-likeness (QED) is 0.879. The summed E-state index contributed by atoms with van der Waals surface area (Å²) in [5.74, 6) is 0. The summed E-state index contributed by atoms with van der Waals surface area (Å²) in [6, 6.07) is 2.11. The van der Waals surface area contributed by atoms with E-state index in [0.29, 0.717) is 13.2 Å². The Labute approximate surface area is 107 Å². The molecule has 1 aromatic rings. The second-order valence-electron chi connectivity index (χ2n) is 4.51. The first-order valence-corrected chi connectivity index (χ1v) is 7.16. The van der Waals surface area contributed by atoms with Crippen LogP contribution in [0.4, 0.5) is 0 Å². The van der Waals surface area contributed by atoms with Crippen LogP contribution in [0.15, 0.2) is 11.4 Å². The van der Waals surface area contributed by atoms with Crippen molar-refractivity contribution in [1.29, 1.82) is 0 Å². The molecule has 2 heterocycles. The summed E-state index contributed by atoms with van der Waals surface area (Å²) in [5, 5.41) is 2.09. The summed E-state index contributed by atoms with van der Waals surface area (Å²) in [5.41, 5.74) is 7.06. The highest BCUT2D eigenvalue weighted by Gasteiger charge is 2.19. The number of rotatable bonds is 5. The van der Waals surface area contributed by atoms with E-state index in [1.165, 1.54) is 23.3 Å². The van der Waals surface area contributed by atoms with E-state index in [2.05, 4.69) is 18.4 Å². The number of thiophene rings is 1. The van der Waals surface area contributed by atoms with Crippen LogP contribution in [0, 0.1) is 6.92 Å². The molecule has 17 heavy (non-hydrogen) atoms. The van der Waals surface area contributed by atoms with Gasteiger partial charge >= 0.3 is 0 Å². The van der Waals surface area contributed by atoms with Crippen molar-refractivity contribution in [2.75, 3.05) is 19.8 Å². The molecule has 1 aliphatic rings. The van der Waals surface area contributed by atoms with Gasteiger partial charge in [0.25, 0.3) is 0 Å². The van der Waals surface area contributed by atoms with Crippen molar-refractivity contribution in [2.45, 2.75) is 38.4 Å². The van der Waals surface area contributed by atoms with E-state index in [9.17, 15) is 0 Å². The standard InChI is InChI=1S/C13H21NO2S/c1-10-5-7-17-13(10)12(8-14)16-9-11-4-2-3-6-15-11/h5,7,11-12H,2-4,6,8-9,14H2,1H3. The monoisotopic (exact) mass is 255 g/mol. The van der Waals surface area contributed by atoms with Crippen LogP contribution in [-0.4, -0.2) is 25.9 Å². The summed E-state index contributed by atoms with van der Waals surface area (Å²) in [7, 11) is 0. The fraction of sp³-hybridized carbons (Fsp3) is 0.692. The fourth-order valence-electron chi connectivity index (χ4n) is 2.13. The Morgan fingerprint density at radius 1 is 1.59 bits per heavy atom. The Morgan fingerprint density at radius 3 is 3.06 bits per heavy atom. The normalized spacial score (nSPS) is 22.6. The van der Waals surface area contributed by atoms with E-state index in [1.807, 2.05) is 0 Å². The zero-order chi connectivity index (χ0) is 12.1. The molecule has 0 bridgehead atoms. The molecule has 1 fully saturated rings. The van der Waals surface area contributed by atoms with Crippen molar-refractivity contribution in [1.82, 2.24) is 0 Å². The SMILES string of the molecule is Cc1ccsc1C(CN)OCC1CCCCO1. The molecule has 0 aromatic carbocycles. The molecule has 96 valence electrons. The highest BCUT2D eigenvalue weighted by molar-refractivity contribution is 7.10. The van der Waals surface area contributed by atoms with E-state index >= 15 is 0 Å². The smallest absolute Gasteiger partial charge is 0.104 e. The van der Waals surface area contributed by atoms with Gasteiger partial charge < -0.3 is 15.2 Å². The predicted molar refractivity (Wildman–Crippen MR) is 70.4 cm³/mol. The molecule has 4 heteroatoms. The van der Waals surface area contributed by atoms with Gasteiger partial charge in [0.15, 0.2) is 0 Å². The minimum Gasteiger partial charge on any atom is -0.376 e. The number of hydrogen-bond acceptors (Lipinski definition) is 4. The topological polar surface area (TPSA) is 44.5 Å². The van der Waals surface area contributed by atoms with Gasteiger partial charge in [-0.25, -0.2) is 0 Å². The van der Waals surface area contributed by atoms with Gasteiger partial charge in [0.2, 0.25) is 0 Å². The molecule has 0 saturated carbocycles. The predicted octanol–water partition coefficient (Wildman–Crippen LogP) is 2.64. The summed E-state index contributed by atoms with van der Waals surface area (Å²) < 4.78 is 11.6. The maximum atomic E-state index is 5.92. The van der Waals surface area contributed by atoms with Gasteiger partial charge in [-0.1, -0.05) is 0 Å². The van der Waals surface area contributed by atoms with Crippen LogP contribution in [0.25, 0.3) is 0 Å². The van der Waals surface area contributed by atoms with Crippen LogP contribution in [0.5, 0.6) is 0 Å². The van der Waals surface area contributed by atoms with Crippen LogP contribution < -0.4 is 5.73 Å². The van der Waals surface area contributed by atoms with Crippen molar-refractivity contribution in [2.24, 2.45) is 5.73 Å². The zero-order valence-electron chi connectivity index (χ0n) is 10.4. The van der Waals surface area contributed by atoms with E-state index < -0.39 is 0 Å². The molecule has 0 amide bonds. The van der Waals surface area contributed by atoms with Crippen LogP contribution >= 0.6 is 11.3 Å². The Hall–Kier alpha value is -0.420. The van der Waals surface area contributed by atoms with Crippen molar-refractivity contribution in [3.8, 4) is 0 Å². The van der Waals surface area contributed by atoms with Crippen LogP contribution in [0.1, 0.15) is 35.8 Å². The number of ether oxygens (including phenoxy) is 2. The van der Waals surface area contributed by atoms with Gasteiger partial charge in [0.05, 0.1) is 12.7 Å². The average molecular weight is 255 g/mol. The average Bonchev–Trinajstić information content (AvgIpc) is 2.78. The molecule has 1 aliphatic heterocycles. The maximum absolute atomic E-state index is 5.92. The largest absolute Gasteiger partial charge is 0.376 e. The summed E-state index contributed by atoms with van der Waals surface area (Å²) >= 11 is 1.72. The first kappa shape index (κ1) is 13.0. The number of aryl methyl sites for hydroxylation is 1. The highest BCUT2D eigenvalue weighted by atomic mass is 32.1. The first-order valence-electron chi connectivity index (χ1n) is 6.28. The lowest BCUT2D eigenvalue weighted by molar-refractivity contribution is -0.0611. The molecule has 0 spiro atoms. The summed E-state index contributed by atoms with van der Waals surface area (Å²) in [6.07, 6.45) is 3.83. The minimum atomic E-state index is 0.0283.